The van der Waals surface area contributed by atoms with Gasteiger partial charge in [-0.05, 0) is 57.2 Å². The van der Waals surface area contributed by atoms with Crippen LogP contribution in [0.1, 0.15) is 26.3 Å². The van der Waals surface area contributed by atoms with Gasteiger partial charge in [0.25, 0.3) is 0 Å². The monoisotopic (exact) mass is 351 g/mol. The third-order valence-corrected chi connectivity index (χ3v) is 3.35. The van der Waals surface area contributed by atoms with Gasteiger partial charge in [-0.1, -0.05) is 22.0 Å². The van der Waals surface area contributed by atoms with E-state index in [-0.39, 0.29) is 11.4 Å². The fourth-order valence-electron chi connectivity index (χ4n) is 1.80. The maximum atomic E-state index is 13.5. The topological polar surface area (TPSA) is 21.3 Å². The molecule has 0 saturated carbocycles. The van der Waals surface area contributed by atoms with Crippen LogP contribution in [-0.4, -0.2) is 5.54 Å². The summed E-state index contributed by atoms with van der Waals surface area (Å²) < 4.78 is 20.3. The van der Waals surface area contributed by atoms with Crippen molar-refractivity contribution < 1.29 is 9.13 Å². The standard InChI is InChI=1S/C17H19BrFNO/c1-17(2,3)20-11-12-9-14(19)7-8-16(12)21-15-6-4-5-13(18)10-15/h4-10,20H,11H2,1-3H3. The number of rotatable bonds is 4. The van der Waals surface area contributed by atoms with E-state index >= 15 is 0 Å². The Morgan fingerprint density at radius 1 is 1.14 bits per heavy atom. The average Bonchev–Trinajstić information content (AvgIpc) is 2.38. The van der Waals surface area contributed by atoms with Crippen LogP contribution in [0.3, 0.4) is 0 Å². The average molecular weight is 352 g/mol. The molecule has 0 atom stereocenters. The van der Waals surface area contributed by atoms with Crippen molar-refractivity contribution in [3.63, 3.8) is 0 Å². The fraction of sp³-hybridized carbons (Fsp3) is 0.294. The van der Waals surface area contributed by atoms with Crippen LogP contribution in [-0.2, 0) is 6.54 Å². The zero-order valence-electron chi connectivity index (χ0n) is 12.4. The van der Waals surface area contributed by atoms with Crippen molar-refractivity contribution in [1.29, 1.82) is 0 Å². The summed E-state index contributed by atoms with van der Waals surface area (Å²) in [7, 11) is 0. The summed E-state index contributed by atoms with van der Waals surface area (Å²) >= 11 is 3.41. The SMILES string of the molecule is CC(C)(C)NCc1cc(F)ccc1Oc1cccc(Br)c1. The third kappa shape index (κ3) is 5.14. The molecule has 112 valence electrons. The molecule has 0 aromatic heterocycles. The normalized spacial score (nSPS) is 11.5. The Hall–Kier alpha value is -1.39. The summed E-state index contributed by atoms with van der Waals surface area (Å²) in [6.45, 7) is 6.76. The van der Waals surface area contributed by atoms with Crippen molar-refractivity contribution in [3.8, 4) is 11.5 Å². The first-order valence-corrected chi connectivity index (χ1v) is 7.60. The quantitative estimate of drug-likeness (QED) is 0.810. The van der Waals surface area contributed by atoms with Gasteiger partial charge in [-0.25, -0.2) is 4.39 Å². The first-order valence-electron chi connectivity index (χ1n) is 6.80. The van der Waals surface area contributed by atoms with Gasteiger partial charge in [0.1, 0.15) is 17.3 Å². The second-order valence-corrected chi connectivity index (χ2v) is 6.83. The number of benzene rings is 2. The van der Waals surface area contributed by atoms with Crippen molar-refractivity contribution >= 4 is 15.9 Å². The lowest BCUT2D eigenvalue weighted by atomic mass is 10.1. The molecule has 0 radical (unpaired) electrons. The Labute approximate surface area is 133 Å². The summed E-state index contributed by atoms with van der Waals surface area (Å²) in [5.41, 5.74) is 0.754. The number of nitrogens with one attached hydrogen (secondary N) is 1. The summed E-state index contributed by atoms with van der Waals surface area (Å²) in [4.78, 5) is 0. The van der Waals surface area contributed by atoms with E-state index in [0.29, 0.717) is 18.0 Å². The van der Waals surface area contributed by atoms with Crippen LogP contribution in [0, 0.1) is 5.82 Å². The van der Waals surface area contributed by atoms with Crippen LogP contribution in [0.5, 0.6) is 11.5 Å². The van der Waals surface area contributed by atoms with E-state index in [1.54, 1.807) is 6.07 Å². The highest BCUT2D eigenvalue weighted by Crippen LogP contribution is 2.28. The molecule has 2 nitrogen and oxygen atoms in total. The molecule has 0 saturated heterocycles. The van der Waals surface area contributed by atoms with Crippen LogP contribution in [0.4, 0.5) is 4.39 Å². The van der Waals surface area contributed by atoms with E-state index in [2.05, 4.69) is 42.0 Å². The zero-order chi connectivity index (χ0) is 15.5. The Morgan fingerprint density at radius 3 is 2.57 bits per heavy atom. The molecule has 0 fully saturated rings. The first-order chi connectivity index (χ1) is 9.83. The molecule has 2 rings (SSSR count). The van der Waals surface area contributed by atoms with E-state index in [4.69, 9.17) is 4.74 Å². The molecular weight excluding hydrogens is 333 g/mol. The van der Waals surface area contributed by atoms with Gasteiger partial charge in [0.05, 0.1) is 0 Å². The Kier molecular flexibility index (Phi) is 5.01. The molecule has 2 aromatic carbocycles. The molecule has 0 aliphatic rings. The van der Waals surface area contributed by atoms with Gasteiger partial charge in [-0.2, -0.15) is 0 Å². The van der Waals surface area contributed by atoms with E-state index in [1.807, 2.05) is 24.3 Å². The number of halogens is 2. The minimum atomic E-state index is -0.262. The second kappa shape index (κ2) is 6.58. The summed E-state index contributed by atoms with van der Waals surface area (Å²) in [5, 5.41) is 3.35. The molecular formula is C17H19BrFNO. The van der Waals surface area contributed by atoms with Crippen molar-refractivity contribution in [1.82, 2.24) is 5.32 Å². The Morgan fingerprint density at radius 2 is 1.90 bits per heavy atom. The highest BCUT2D eigenvalue weighted by atomic mass is 79.9. The maximum Gasteiger partial charge on any atom is 0.132 e. The van der Waals surface area contributed by atoms with E-state index in [1.165, 1.54) is 12.1 Å². The van der Waals surface area contributed by atoms with Gasteiger partial charge < -0.3 is 10.1 Å². The predicted octanol–water partition coefficient (Wildman–Crippen LogP) is 5.27. The van der Waals surface area contributed by atoms with Crippen molar-refractivity contribution in [2.45, 2.75) is 32.9 Å². The van der Waals surface area contributed by atoms with Crippen LogP contribution < -0.4 is 10.1 Å². The number of hydrogen-bond donors (Lipinski definition) is 1. The van der Waals surface area contributed by atoms with Gasteiger partial charge in [0.2, 0.25) is 0 Å². The minimum absolute atomic E-state index is 0.0423. The molecule has 0 bridgehead atoms. The van der Waals surface area contributed by atoms with E-state index in [0.717, 1.165) is 10.0 Å². The molecule has 0 amide bonds. The number of hydrogen-bond acceptors (Lipinski definition) is 2. The molecule has 2 aromatic rings. The molecule has 0 unspecified atom stereocenters. The second-order valence-electron chi connectivity index (χ2n) is 5.92. The zero-order valence-corrected chi connectivity index (χ0v) is 14.0. The van der Waals surface area contributed by atoms with E-state index in [9.17, 15) is 4.39 Å². The van der Waals surface area contributed by atoms with Crippen LogP contribution in [0.15, 0.2) is 46.9 Å². The molecule has 0 aliphatic heterocycles. The van der Waals surface area contributed by atoms with Crippen LogP contribution in [0.2, 0.25) is 0 Å². The summed E-state index contributed by atoms with van der Waals surface area (Å²) in [6, 6.07) is 12.2. The van der Waals surface area contributed by atoms with Gasteiger partial charge >= 0.3 is 0 Å². The third-order valence-electron chi connectivity index (χ3n) is 2.86. The van der Waals surface area contributed by atoms with Gasteiger partial charge in [0, 0.05) is 22.1 Å². The first kappa shape index (κ1) is 16.0. The Balaban J connectivity index is 2.22. The highest BCUT2D eigenvalue weighted by Gasteiger charge is 2.12. The van der Waals surface area contributed by atoms with E-state index < -0.39 is 0 Å². The lowest BCUT2D eigenvalue weighted by Gasteiger charge is -2.21. The van der Waals surface area contributed by atoms with Crippen LogP contribution >= 0.6 is 15.9 Å². The van der Waals surface area contributed by atoms with Gasteiger partial charge in [0.15, 0.2) is 0 Å². The summed E-state index contributed by atoms with van der Waals surface area (Å²) in [6.07, 6.45) is 0. The molecule has 21 heavy (non-hydrogen) atoms. The Bertz CT molecular complexity index is 622. The molecule has 4 heteroatoms. The predicted molar refractivity (Wildman–Crippen MR) is 87.2 cm³/mol. The molecule has 1 N–H and O–H groups in total. The summed E-state index contributed by atoms with van der Waals surface area (Å²) in [5.74, 6) is 1.11. The fourth-order valence-corrected chi connectivity index (χ4v) is 2.18. The van der Waals surface area contributed by atoms with Crippen molar-refractivity contribution in [2.75, 3.05) is 0 Å². The minimum Gasteiger partial charge on any atom is -0.457 e. The maximum absolute atomic E-state index is 13.5. The molecule has 0 spiro atoms. The molecule has 0 heterocycles. The van der Waals surface area contributed by atoms with Gasteiger partial charge in [-0.3, -0.25) is 0 Å². The van der Waals surface area contributed by atoms with Crippen molar-refractivity contribution in [2.24, 2.45) is 0 Å². The number of ether oxygens (including phenoxy) is 1. The van der Waals surface area contributed by atoms with Crippen LogP contribution in [0.25, 0.3) is 0 Å². The van der Waals surface area contributed by atoms with Crippen molar-refractivity contribution in [3.05, 3.63) is 58.3 Å². The molecule has 0 aliphatic carbocycles. The smallest absolute Gasteiger partial charge is 0.132 e. The lowest BCUT2D eigenvalue weighted by Crippen LogP contribution is -2.35. The largest absolute Gasteiger partial charge is 0.457 e. The lowest BCUT2D eigenvalue weighted by molar-refractivity contribution is 0.413. The highest BCUT2D eigenvalue weighted by molar-refractivity contribution is 9.10. The van der Waals surface area contributed by atoms with Gasteiger partial charge in [-0.15, -0.1) is 0 Å².